The molecule has 0 N–H and O–H groups in total. The monoisotopic (exact) mass is 300 g/mol. The highest BCUT2D eigenvalue weighted by atomic mass is 35.5. The highest BCUT2D eigenvalue weighted by Gasteiger charge is 2.12. The van der Waals surface area contributed by atoms with Gasteiger partial charge in [0, 0.05) is 5.92 Å². The minimum absolute atomic E-state index is 0.108. The lowest BCUT2D eigenvalue weighted by Crippen LogP contribution is -2.07. The number of carbonyl (C=O) groups excluding carboxylic acids is 1. The van der Waals surface area contributed by atoms with E-state index < -0.39 is 0 Å². The molecule has 114 valence electrons. The number of halogens is 2. The summed E-state index contributed by atoms with van der Waals surface area (Å²) in [7, 11) is 0. The standard InChI is InChI=1S/C9H11F.C8H15ClO/c1-2-3-8-4-6-9(10)7-5-8;1-3-5-7(6-4-2)8(9)10/h4-7H,2-3H2,1H3;7H,3-6H2,1-2H3. The number of hydrogen-bond acceptors (Lipinski definition) is 1. The van der Waals surface area contributed by atoms with Gasteiger partial charge in [0.15, 0.2) is 0 Å². The molecule has 0 saturated carbocycles. The van der Waals surface area contributed by atoms with Crippen LogP contribution < -0.4 is 0 Å². The minimum Gasteiger partial charge on any atom is -0.281 e. The summed E-state index contributed by atoms with van der Waals surface area (Å²) in [5, 5.41) is -0.163. The van der Waals surface area contributed by atoms with Crippen LogP contribution in [-0.2, 0) is 11.2 Å². The maximum absolute atomic E-state index is 12.3. The van der Waals surface area contributed by atoms with E-state index in [-0.39, 0.29) is 17.0 Å². The molecule has 1 nitrogen and oxygen atoms in total. The van der Waals surface area contributed by atoms with E-state index in [1.807, 2.05) is 12.1 Å². The highest BCUT2D eigenvalue weighted by molar-refractivity contribution is 6.63. The molecule has 0 aliphatic heterocycles. The molecule has 0 saturated heterocycles. The third-order valence-electron chi connectivity index (χ3n) is 3.05. The molecule has 0 aliphatic carbocycles. The van der Waals surface area contributed by atoms with Crippen LogP contribution in [0.3, 0.4) is 0 Å². The molecule has 20 heavy (non-hydrogen) atoms. The Hall–Kier alpha value is -0.890. The molecule has 1 aromatic rings. The summed E-state index contributed by atoms with van der Waals surface area (Å²) in [6.07, 6.45) is 6.13. The van der Waals surface area contributed by atoms with Crippen molar-refractivity contribution in [1.82, 2.24) is 0 Å². The molecular weight excluding hydrogens is 275 g/mol. The summed E-state index contributed by atoms with van der Waals surface area (Å²) in [4.78, 5) is 10.7. The normalized spacial score (nSPS) is 10.1. The SMILES string of the molecule is CCCC(CCC)C(=O)Cl.CCCc1ccc(F)cc1. The van der Waals surface area contributed by atoms with Crippen LogP contribution in [-0.4, -0.2) is 5.24 Å². The van der Waals surface area contributed by atoms with Crippen molar-refractivity contribution >= 4 is 16.8 Å². The highest BCUT2D eigenvalue weighted by Crippen LogP contribution is 2.15. The van der Waals surface area contributed by atoms with E-state index in [4.69, 9.17) is 11.6 Å². The molecule has 0 unspecified atom stereocenters. The van der Waals surface area contributed by atoms with E-state index in [2.05, 4.69) is 20.8 Å². The lowest BCUT2D eigenvalue weighted by molar-refractivity contribution is -0.115. The first-order chi connectivity index (χ1) is 9.54. The second kappa shape index (κ2) is 11.9. The van der Waals surface area contributed by atoms with Crippen LogP contribution >= 0.6 is 11.6 Å². The van der Waals surface area contributed by atoms with E-state index >= 15 is 0 Å². The molecule has 1 aromatic carbocycles. The summed E-state index contributed by atoms with van der Waals surface area (Å²) in [6.45, 7) is 6.26. The molecule has 0 aromatic heterocycles. The summed E-state index contributed by atoms with van der Waals surface area (Å²) >= 11 is 5.36. The van der Waals surface area contributed by atoms with Crippen LogP contribution in [0.5, 0.6) is 0 Å². The van der Waals surface area contributed by atoms with Gasteiger partial charge in [0.1, 0.15) is 5.82 Å². The molecule has 0 radical (unpaired) electrons. The van der Waals surface area contributed by atoms with Crippen molar-refractivity contribution in [3.05, 3.63) is 35.6 Å². The van der Waals surface area contributed by atoms with E-state index in [9.17, 15) is 9.18 Å². The zero-order valence-electron chi connectivity index (χ0n) is 12.8. The quantitative estimate of drug-likeness (QED) is 0.586. The first-order valence-corrected chi connectivity index (χ1v) is 7.86. The van der Waals surface area contributed by atoms with Gasteiger partial charge in [-0.3, -0.25) is 4.79 Å². The van der Waals surface area contributed by atoms with Crippen LogP contribution in [0.15, 0.2) is 24.3 Å². The van der Waals surface area contributed by atoms with Gasteiger partial charge >= 0.3 is 0 Å². The molecule has 0 fully saturated rings. The smallest absolute Gasteiger partial charge is 0.224 e. The Bertz CT molecular complexity index is 356. The molecule has 0 spiro atoms. The number of aryl methyl sites for hydroxylation is 1. The summed E-state index contributed by atoms with van der Waals surface area (Å²) in [5.41, 5.74) is 1.21. The van der Waals surface area contributed by atoms with E-state index in [0.717, 1.165) is 38.5 Å². The molecule has 0 amide bonds. The van der Waals surface area contributed by atoms with E-state index in [0.29, 0.717) is 0 Å². The number of benzene rings is 1. The fourth-order valence-electron chi connectivity index (χ4n) is 2.01. The maximum Gasteiger partial charge on any atom is 0.224 e. The lowest BCUT2D eigenvalue weighted by atomic mass is 10.0. The topological polar surface area (TPSA) is 17.1 Å². The Kier molecular flexibility index (Phi) is 11.4. The van der Waals surface area contributed by atoms with Gasteiger partial charge in [-0.25, -0.2) is 4.39 Å². The largest absolute Gasteiger partial charge is 0.281 e. The van der Waals surface area contributed by atoms with Gasteiger partial charge in [-0.2, -0.15) is 0 Å². The molecule has 0 heterocycles. The van der Waals surface area contributed by atoms with Gasteiger partial charge in [-0.05, 0) is 48.6 Å². The van der Waals surface area contributed by atoms with Crippen LogP contribution in [0, 0.1) is 11.7 Å². The van der Waals surface area contributed by atoms with Gasteiger partial charge < -0.3 is 0 Å². The number of carbonyl (C=O) groups is 1. The van der Waals surface area contributed by atoms with Gasteiger partial charge in [0.2, 0.25) is 5.24 Å². The van der Waals surface area contributed by atoms with Crippen LogP contribution in [0.1, 0.15) is 58.4 Å². The van der Waals surface area contributed by atoms with Crippen molar-refractivity contribution in [2.24, 2.45) is 5.92 Å². The first-order valence-electron chi connectivity index (χ1n) is 7.48. The maximum atomic E-state index is 12.3. The second-order valence-corrected chi connectivity index (χ2v) is 5.33. The molecule has 1 rings (SSSR count). The fraction of sp³-hybridized carbons (Fsp3) is 0.588. The molecule has 0 aliphatic rings. The fourth-order valence-corrected chi connectivity index (χ4v) is 2.23. The Balaban J connectivity index is 0.000000361. The van der Waals surface area contributed by atoms with Crippen molar-refractivity contribution < 1.29 is 9.18 Å². The van der Waals surface area contributed by atoms with Crippen LogP contribution in [0.2, 0.25) is 0 Å². The zero-order valence-corrected chi connectivity index (χ0v) is 13.5. The van der Waals surface area contributed by atoms with Crippen molar-refractivity contribution in [2.45, 2.75) is 59.3 Å². The predicted octanol–water partition coefficient (Wildman–Crippen LogP) is 5.75. The number of hydrogen-bond donors (Lipinski definition) is 0. The molecule has 0 atom stereocenters. The predicted molar refractivity (Wildman–Crippen MR) is 84.6 cm³/mol. The van der Waals surface area contributed by atoms with Crippen molar-refractivity contribution in [3.63, 3.8) is 0 Å². The van der Waals surface area contributed by atoms with Crippen LogP contribution in [0.25, 0.3) is 0 Å². The van der Waals surface area contributed by atoms with Crippen molar-refractivity contribution in [1.29, 1.82) is 0 Å². The zero-order chi connectivity index (χ0) is 15.4. The van der Waals surface area contributed by atoms with Gasteiger partial charge in [-0.15, -0.1) is 0 Å². The Morgan fingerprint density at radius 3 is 1.90 bits per heavy atom. The average Bonchev–Trinajstić information content (AvgIpc) is 2.42. The summed E-state index contributed by atoms with van der Waals surface area (Å²) < 4.78 is 12.3. The molecular formula is C17H26ClFO. The lowest BCUT2D eigenvalue weighted by Gasteiger charge is -2.07. The molecule has 3 heteroatoms. The number of rotatable bonds is 7. The van der Waals surface area contributed by atoms with Crippen molar-refractivity contribution in [2.75, 3.05) is 0 Å². The minimum atomic E-state index is -0.163. The summed E-state index contributed by atoms with van der Waals surface area (Å²) in [6, 6.07) is 6.67. The third kappa shape index (κ3) is 9.08. The Morgan fingerprint density at radius 2 is 1.55 bits per heavy atom. The average molecular weight is 301 g/mol. The van der Waals surface area contributed by atoms with E-state index in [1.165, 1.54) is 17.7 Å². The summed E-state index contributed by atoms with van der Waals surface area (Å²) in [5.74, 6) is -0.0449. The first kappa shape index (κ1) is 19.1. The van der Waals surface area contributed by atoms with Gasteiger partial charge in [0.25, 0.3) is 0 Å². The van der Waals surface area contributed by atoms with E-state index in [1.54, 1.807) is 0 Å². The Morgan fingerprint density at radius 1 is 1.05 bits per heavy atom. The van der Waals surface area contributed by atoms with Crippen molar-refractivity contribution in [3.8, 4) is 0 Å². The molecule has 0 bridgehead atoms. The third-order valence-corrected chi connectivity index (χ3v) is 3.36. The van der Waals surface area contributed by atoms with Gasteiger partial charge in [-0.1, -0.05) is 52.2 Å². The van der Waals surface area contributed by atoms with Crippen LogP contribution in [0.4, 0.5) is 4.39 Å². The van der Waals surface area contributed by atoms with Gasteiger partial charge in [0.05, 0.1) is 0 Å². The Labute approximate surface area is 127 Å². The second-order valence-electron chi connectivity index (χ2n) is 4.95.